The van der Waals surface area contributed by atoms with Gasteiger partial charge in [0.2, 0.25) is 0 Å². The Kier molecular flexibility index (Phi) is 8.88. The molecule has 0 heterocycles. The van der Waals surface area contributed by atoms with E-state index in [0.717, 1.165) is 18.6 Å². The maximum Gasteiger partial charge on any atom is 0.119 e. The van der Waals surface area contributed by atoms with E-state index in [4.69, 9.17) is 10.5 Å². The summed E-state index contributed by atoms with van der Waals surface area (Å²) in [6.07, 6.45) is 1.96. The van der Waals surface area contributed by atoms with Gasteiger partial charge in [-0.15, -0.1) is 0 Å². The molecule has 15 heavy (non-hydrogen) atoms. The summed E-state index contributed by atoms with van der Waals surface area (Å²) in [7, 11) is 0. The average Bonchev–Trinajstić information content (AvgIpc) is 2.32. The van der Waals surface area contributed by atoms with Crippen LogP contribution in [0.5, 0.6) is 5.75 Å². The van der Waals surface area contributed by atoms with E-state index in [1.165, 1.54) is 5.56 Å². The molecule has 0 unspecified atom stereocenters. The Morgan fingerprint density at radius 3 is 2.60 bits per heavy atom. The van der Waals surface area contributed by atoms with E-state index in [-0.39, 0.29) is 0 Å². The quantitative estimate of drug-likeness (QED) is 0.757. The molecule has 0 aliphatic carbocycles. The molecule has 1 aromatic rings. The molecular formula is C13H23NO. The molecule has 2 N–H and O–H groups in total. The molecule has 1 aromatic carbocycles. The first kappa shape index (κ1) is 14.0. The number of aryl methyl sites for hydroxylation is 1. The SMILES string of the molecule is CC.CCc1cccc(OCCCN)c1. The Hall–Kier alpha value is -1.02. The molecule has 86 valence electrons. The van der Waals surface area contributed by atoms with Crippen molar-refractivity contribution in [1.29, 1.82) is 0 Å². The maximum atomic E-state index is 5.51. The predicted molar refractivity (Wildman–Crippen MR) is 66.3 cm³/mol. The van der Waals surface area contributed by atoms with Crippen molar-refractivity contribution in [3.8, 4) is 5.75 Å². The van der Waals surface area contributed by atoms with Gasteiger partial charge in [-0.25, -0.2) is 0 Å². The summed E-state index contributed by atoms with van der Waals surface area (Å²) in [5, 5.41) is 0. The average molecular weight is 209 g/mol. The molecule has 0 bridgehead atoms. The van der Waals surface area contributed by atoms with Gasteiger partial charge in [-0.05, 0) is 37.1 Å². The van der Waals surface area contributed by atoms with E-state index in [1.54, 1.807) is 0 Å². The molecule has 0 saturated carbocycles. The van der Waals surface area contributed by atoms with Crippen LogP contribution in [0.3, 0.4) is 0 Å². The lowest BCUT2D eigenvalue weighted by atomic mass is 10.2. The lowest BCUT2D eigenvalue weighted by Gasteiger charge is -2.06. The molecule has 0 fully saturated rings. The predicted octanol–water partition coefficient (Wildman–Crippen LogP) is 3.00. The van der Waals surface area contributed by atoms with Crippen LogP contribution in [0.25, 0.3) is 0 Å². The molecule has 0 atom stereocenters. The topological polar surface area (TPSA) is 35.2 Å². The molecule has 0 spiro atoms. The van der Waals surface area contributed by atoms with Crippen LogP contribution in [0, 0.1) is 0 Å². The zero-order valence-electron chi connectivity index (χ0n) is 10.1. The second-order valence-corrected chi connectivity index (χ2v) is 2.99. The van der Waals surface area contributed by atoms with Gasteiger partial charge in [0.05, 0.1) is 6.61 Å². The Labute approximate surface area is 93.4 Å². The minimum Gasteiger partial charge on any atom is -0.494 e. The number of hydrogen-bond donors (Lipinski definition) is 1. The third kappa shape index (κ3) is 6.13. The van der Waals surface area contributed by atoms with Gasteiger partial charge in [0.25, 0.3) is 0 Å². The van der Waals surface area contributed by atoms with Crippen LogP contribution < -0.4 is 10.5 Å². The lowest BCUT2D eigenvalue weighted by Crippen LogP contribution is -2.06. The van der Waals surface area contributed by atoms with Crippen LogP contribution in [-0.2, 0) is 6.42 Å². The van der Waals surface area contributed by atoms with Crippen molar-refractivity contribution in [2.24, 2.45) is 5.73 Å². The third-order valence-electron chi connectivity index (χ3n) is 1.92. The summed E-state index contributed by atoms with van der Waals surface area (Å²) in [5.74, 6) is 0.952. The molecule has 0 aromatic heterocycles. The molecule has 2 heteroatoms. The largest absolute Gasteiger partial charge is 0.494 e. The van der Waals surface area contributed by atoms with E-state index in [2.05, 4.69) is 19.1 Å². The smallest absolute Gasteiger partial charge is 0.119 e. The lowest BCUT2D eigenvalue weighted by molar-refractivity contribution is 0.313. The molecule has 2 nitrogen and oxygen atoms in total. The molecule has 1 rings (SSSR count). The Morgan fingerprint density at radius 2 is 2.00 bits per heavy atom. The summed E-state index contributed by atoms with van der Waals surface area (Å²) in [6.45, 7) is 7.54. The highest BCUT2D eigenvalue weighted by Crippen LogP contribution is 2.13. The van der Waals surface area contributed by atoms with Gasteiger partial charge in [-0.2, -0.15) is 0 Å². The molecule has 0 aliphatic rings. The third-order valence-corrected chi connectivity index (χ3v) is 1.92. The van der Waals surface area contributed by atoms with Crippen LogP contribution in [0.1, 0.15) is 32.8 Å². The van der Waals surface area contributed by atoms with Gasteiger partial charge in [0.1, 0.15) is 5.75 Å². The fourth-order valence-corrected chi connectivity index (χ4v) is 1.13. The highest BCUT2D eigenvalue weighted by molar-refractivity contribution is 5.28. The molecular weight excluding hydrogens is 186 g/mol. The maximum absolute atomic E-state index is 5.51. The molecule has 0 amide bonds. The van der Waals surface area contributed by atoms with Gasteiger partial charge in [0.15, 0.2) is 0 Å². The van der Waals surface area contributed by atoms with E-state index in [0.29, 0.717) is 13.2 Å². The van der Waals surface area contributed by atoms with E-state index in [1.807, 2.05) is 26.0 Å². The fraction of sp³-hybridized carbons (Fsp3) is 0.538. The van der Waals surface area contributed by atoms with Crippen molar-refractivity contribution in [2.75, 3.05) is 13.2 Å². The molecule has 0 saturated heterocycles. The fourth-order valence-electron chi connectivity index (χ4n) is 1.13. The first-order chi connectivity index (χ1) is 7.36. The van der Waals surface area contributed by atoms with Crippen molar-refractivity contribution >= 4 is 0 Å². The van der Waals surface area contributed by atoms with Crippen LogP contribution in [0.15, 0.2) is 24.3 Å². The number of hydrogen-bond acceptors (Lipinski definition) is 2. The van der Waals surface area contributed by atoms with Gasteiger partial charge >= 0.3 is 0 Å². The van der Waals surface area contributed by atoms with Crippen LogP contribution in [-0.4, -0.2) is 13.2 Å². The first-order valence-electron chi connectivity index (χ1n) is 5.78. The Bertz CT molecular complexity index is 248. The van der Waals surface area contributed by atoms with Crippen molar-refractivity contribution in [2.45, 2.75) is 33.6 Å². The minimum absolute atomic E-state index is 0.688. The van der Waals surface area contributed by atoms with Crippen molar-refractivity contribution < 1.29 is 4.74 Å². The normalized spacial score (nSPS) is 9.07. The standard InChI is InChI=1S/C11H17NO.C2H6/c1-2-10-5-3-6-11(9-10)13-8-4-7-12;1-2/h3,5-6,9H,2,4,7-8,12H2,1H3;1-2H3. The van der Waals surface area contributed by atoms with E-state index < -0.39 is 0 Å². The highest BCUT2D eigenvalue weighted by Gasteiger charge is 1.94. The van der Waals surface area contributed by atoms with Crippen molar-refractivity contribution in [1.82, 2.24) is 0 Å². The van der Waals surface area contributed by atoms with Crippen LogP contribution >= 0.6 is 0 Å². The van der Waals surface area contributed by atoms with Crippen molar-refractivity contribution in [3.63, 3.8) is 0 Å². The minimum atomic E-state index is 0.688. The Balaban J connectivity index is 0.000000921. The number of benzene rings is 1. The van der Waals surface area contributed by atoms with Crippen LogP contribution in [0.2, 0.25) is 0 Å². The van der Waals surface area contributed by atoms with Crippen LogP contribution in [0.4, 0.5) is 0 Å². The molecule has 0 aliphatic heterocycles. The number of nitrogens with two attached hydrogens (primary N) is 1. The van der Waals surface area contributed by atoms with E-state index in [9.17, 15) is 0 Å². The van der Waals surface area contributed by atoms with E-state index >= 15 is 0 Å². The number of ether oxygens (including phenoxy) is 1. The van der Waals surface area contributed by atoms with Gasteiger partial charge < -0.3 is 10.5 Å². The molecule has 0 radical (unpaired) electrons. The summed E-state index contributed by atoms with van der Waals surface area (Å²) in [5.41, 5.74) is 6.68. The number of rotatable bonds is 5. The highest BCUT2D eigenvalue weighted by atomic mass is 16.5. The zero-order chi connectivity index (χ0) is 11.5. The first-order valence-corrected chi connectivity index (χ1v) is 5.78. The Morgan fingerprint density at radius 1 is 1.27 bits per heavy atom. The summed E-state index contributed by atoms with van der Waals surface area (Å²) in [4.78, 5) is 0. The second kappa shape index (κ2) is 9.53. The summed E-state index contributed by atoms with van der Waals surface area (Å²) >= 11 is 0. The monoisotopic (exact) mass is 209 g/mol. The second-order valence-electron chi connectivity index (χ2n) is 2.99. The van der Waals surface area contributed by atoms with Crippen molar-refractivity contribution in [3.05, 3.63) is 29.8 Å². The summed E-state index contributed by atoms with van der Waals surface area (Å²) < 4.78 is 5.51. The van der Waals surface area contributed by atoms with Gasteiger partial charge in [0, 0.05) is 0 Å². The summed E-state index contributed by atoms with van der Waals surface area (Å²) in [6, 6.07) is 8.19. The van der Waals surface area contributed by atoms with Gasteiger partial charge in [-0.3, -0.25) is 0 Å². The zero-order valence-corrected chi connectivity index (χ0v) is 10.1. The van der Waals surface area contributed by atoms with Gasteiger partial charge in [-0.1, -0.05) is 32.9 Å².